The molecule has 2 aliphatic heterocycles. The van der Waals surface area contributed by atoms with Crippen LogP contribution in [0.4, 0.5) is 11.5 Å². The fraction of sp³-hybridized carbons (Fsp3) is 0.458. The van der Waals surface area contributed by atoms with E-state index < -0.39 is 0 Å². The Balaban J connectivity index is 1.34. The number of fused-ring (bicyclic) bond motifs is 2. The fourth-order valence-electron chi connectivity index (χ4n) is 4.88. The van der Waals surface area contributed by atoms with Crippen LogP contribution in [0.1, 0.15) is 47.4 Å². The monoisotopic (exact) mass is 419 g/mol. The zero-order valence-corrected chi connectivity index (χ0v) is 18.1. The molecule has 0 spiro atoms. The van der Waals surface area contributed by atoms with E-state index in [2.05, 4.69) is 49.4 Å². The molecule has 2 aromatic heterocycles. The Morgan fingerprint density at radius 1 is 1.10 bits per heavy atom. The van der Waals surface area contributed by atoms with Crippen molar-refractivity contribution in [3.8, 4) is 0 Å². The van der Waals surface area contributed by atoms with E-state index in [0.29, 0.717) is 23.6 Å². The summed E-state index contributed by atoms with van der Waals surface area (Å²) in [5.74, 6) is 1.29. The van der Waals surface area contributed by atoms with Gasteiger partial charge in [-0.3, -0.25) is 4.79 Å². The smallest absolute Gasteiger partial charge is 0.255 e. The van der Waals surface area contributed by atoms with E-state index in [1.807, 2.05) is 6.92 Å². The molecule has 1 saturated heterocycles. The van der Waals surface area contributed by atoms with Crippen LogP contribution in [0.15, 0.2) is 35.0 Å². The fourth-order valence-corrected chi connectivity index (χ4v) is 4.88. The van der Waals surface area contributed by atoms with Gasteiger partial charge in [0.1, 0.15) is 17.9 Å². The lowest BCUT2D eigenvalue weighted by Crippen LogP contribution is -2.37. The largest absolute Gasteiger partial charge is 0.442 e. The van der Waals surface area contributed by atoms with E-state index in [0.717, 1.165) is 63.1 Å². The lowest BCUT2D eigenvalue weighted by molar-refractivity contribution is 0.0954. The average Bonchev–Trinajstić information content (AvgIpc) is 3.15. The Hall–Kier alpha value is -3.09. The quantitative estimate of drug-likeness (QED) is 0.680. The van der Waals surface area contributed by atoms with E-state index in [4.69, 9.17) is 4.42 Å². The molecule has 4 heterocycles. The summed E-state index contributed by atoms with van der Waals surface area (Å²) in [6.45, 7) is 6.11. The van der Waals surface area contributed by atoms with Crippen LogP contribution in [0.5, 0.6) is 0 Å². The first-order valence-electron chi connectivity index (χ1n) is 11.3. The molecule has 1 fully saturated rings. The van der Waals surface area contributed by atoms with Crippen LogP contribution >= 0.6 is 0 Å². The zero-order chi connectivity index (χ0) is 21.2. The third-order valence-electron chi connectivity index (χ3n) is 6.40. The molecule has 0 unspecified atom stereocenters. The normalized spacial score (nSPS) is 16.4. The molecule has 3 aromatic rings. The van der Waals surface area contributed by atoms with Gasteiger partial charge in [0.2, 0.25) is 5.71 Å². The number of furan rings is 1. The average molecular weight is 420 g/mol. The number of aromatic nitrogens is 2. The second-order valence-corrected chi connectivity index (χ2v) is 8.43. The Labute approximate surface area is 182 Å². The molecule has 1 N–H and O–H groups in total. The minimum Gasteiger partial charge on any atom is -0.442 e. The number of amides is 1. The molecule has 31 heavy (non-hydrogen) atoms. The summed E-state index contributed by atoms with van der Waals surface area (Å²) in [7, 11) is 0. The molecule has 0 radical (unpaired) electrons. The first kappa shape index (κ1) is 19.8. The van der Waals surface area contributed by atoms with Crippen molar-refractivity contribution in [1.82, 2.24) is 15.3 Å². The number of rotatable bonds is 5. The van der Waals surface area contributed by atoms with Gasteiger partial charge in [0.15, 0.2) is 0 Å². The molecular formula is C24H29N5O2. The predicted molar refractivity (Wildman–Crippen MR) is 122 cm³/mol. The summed E-state index contributed by atoms with van der Waals surface area (Å²) >= 11 is 0. The van der Waals surface area contributed by atoms with Crippen molar-refractivity contribution in [2.24, 2.45) is 0 Å². The highest BCUT2D eigenvalue weighted by atomic mass is 16.3. The molecule has 5 rings (SSSR count). The number of carbonyl (C=O) groups excluding carboxylic acids is 1. The number of hydrogen-bond acceptors (Lipinski definition) is 6. The van der Waals surface area contributed by atoms with Crippen LogP contribution in [0.3, 0.4) is 0 Å². The topological polar surface area (TPSA) is 74.5 Å². The van der Waals surface area contributed by atoms with Crippen molar-refractivity contribution in [1.29, 1.82) is 0 Å². The van der Waals surface area contributed by atoms with Gasteiger partial charge in [-0.05, 0) is 50.7 Å². The first-order valence-corrected chi connectivity index (χ1v) is 11.3. The summed E-state index contributed by atoms with van der Waals surface area (Å²) in [4.78, 5) is 26.6. The van der Waals surface area contributed by atoms with Gasteiger partial charge >= 0.3 is 0 Å². The van der Waals surface area contributed by atoms with E-state index in [1.165, 1.54) is 24.0 Å². The molecule has 7 nitrogen and oxygen atoms in total. The lowest BCUT2D eigenvalue weighted by atomic mass is 10.0. The SMILES string of the molecule is Cc1oc2ncnc(N3CCCCC3)c2c1C(=O)NCCN1CCCc2ccccc21. The van der Waals surface area contributed by atoms with E-state index in [-0.39, 0.29) is 5.91 Å². The molecule has 0 saturated carbocycles. The zero-order valence-electron chi connectivity index (χ0n) is 18.1. The van der Waals surface area contributed by atoms with Crippen LogP contribution in [0.25, 0.3) is 11.1 Å². The van der Waals surface area contributed by atoms with Gasteiger partial charge in [0.05, 0.1) is 10.9 Å². The van der Waals surface area contributed by atoms with E-state index in [1.54, 1.807) is 0 Å². The Morgan fingerprint density at radius 2 is 1.94 bits per heavy atom. The van der Waals surface area contributed by atoms with Crippen molar-refractivity contribution >= 4 is 28.5 Å². The molecule has 0 bridgehead atoms. The number of benzene rings is 1. The Kier molecular flexibility index (Phi) is 5.49. The highest BCUT2D eigenvalue weighted by Crippen LogP contribution is 2.32. The number of para-hydroxylation sites is 1. The minimum atomic E-state index is -0.116. The second kappa shape index (κ2) is 8.57. The predicted octanol–water partition coefficient (Wildman–Crippen LogP) is 3.70. The summed E-state index contributed by atoms with van der Waals surface area (Å²) in [6.07, 6.45) is 7.32. The molecule has 7 heteroatoms. The van der Waals surface area contributed by atoms with E-state index in [9.17, 15) is 4.79 Å². The Morgan fingerprint density at radius 3 is 2.81 bits per heavy atom. The Bertz CT molecular complexity index is 1090. The van der Waals surface area contributed by atoms with Crippen molar-refractivity contribution in [2.75, 3.05) is 42.5 Å². The minimum absolute atomic E-state index is 0.116. The van der Waals surface area contributed by atoms with Crippen LogP contribution in [-0.4, -0.2) is 48.6 Å². The maximum absolute atomic E-state index is 13.2. The van der Waals surface area contributed by atoms with Crippen molar-refractivity contribution in [3.63, 3.8) is 0 Å². The number of carbonyl (C=O) groups is 1. The van der Waals surface area contributed by atoms with Crippen LogP contribution < -0.4 is 15.1 Å². The summed E-state index contributed by atoms with van der Waals surface area (Å²) in [6, 6.07) is 8.55. The third-order valence-corrected chi connectivity index (χ3v) is 6.40. The molecule has 1 amide bonds. The number of nitrogens with one attached hydrogen (secondary N) is 1. The van der Waals surface area contributed by atoms with E-state index >= 15 is 0 Å². The third kappa shape index (κ3) is 3.84. The lowest BCUT2D eigenvalue weighted by Gasteiger charge is -2.31. The molecular weight excluding hydrogens is 390 g/mol. The van der Waals surface area contributed by atoms with Gasteiger partial charge in [-0.1, -0.05) is 18.2 Å². The van der Waals surface area contributed by atoms with Gasteiger partial charge in [-0.2, -0.15) is 0 Å². The summed E-state index contributed by atoms with van der Waals surface area (Å²) in [5, 5.41) is 3.85. The van der Waals surface area contributed by atoms with Gasteiger partial charge in [0, 0.05) is 38.4 Å². The number of anilines is 2. The summed E-state index contributed by atoms with van der Waals surface area (Å²) < 4.78 is 5.85. The molecule has 2 aliphatic rings. The van der Waals surface area contributed by atoms with Gasteiger partial charge in [-0.15, -0.1) is 0 Å². The van der Waals surface area contributed by atoms with Crippen LogP contribution in [0, 0.1) is 6.92 Å². The maximum Gasteiger partial charge on any atom is 0.255 e. The van der Waals surface area contributed by atoms with Crippen LogP contribution in [0.2, 0.25) is 0 Å². The van der Waals surface area contributed by atoms with Gasteiger partial charge < -0.3 is 19.5 Å². The second-order valence-electron chi connectivity index (χ2n) is 8.43. The number of piperidine rings is 1. The molecule has 162 valence electrons. The number of hydrogen-bond donors (Lipinski definition) is 1. The highest BCUT2D eigenvalue weighted by Gasteiger charge is 2.26. The molecule has 0 aliphatic carbocycles. The van der Waals surface area contributed by atoms with Crippen molar-refractivity contribution in [3.05, 3.63) is 47.5 Å². The summed E-state index contributed by atoms with van der Waals surface area (Å²) in [5.41, 5.74) is 3.73. The first-order chi connectivity index (χ1) is 15.2. The molecule has 0 atom stereocenters. The number of nitrogens with zero attached hydrogens (tertiary/aromatic N) is 4. The van der Waals surface area contributed by atoms with Crippen molar-refractivity contribution in [2.45, 2.75) is 39.0 Å². The highest BCUT2D eigenvalue weighted by molar-refractivity contribution is 6.10. The number of aryl methyl sites for hydroxylation is 2. The maximum atomic E-state index is 13.2. The molecule has 1 aromatic carbocycles. The van der Waals surface area contributed by atoms with Crippen molar-refractivity contribution < 1.29 is 9.21 Å². The van der Waals surface area contributed by atoms with Crippen LogP contribution in [-0.2, 0) is 6.42 Å². The van der Waals surface area contributed by atoms with Gasteiger partial charge in [0.25, 0.3) is 5.91 Å². The van der Waals surface area contributed by atoms with Gasteiger partial charge in [-0.25, -0.2) is 9.97 Å². The standard InChI is InChI=1S/C24H29N5O2/c1-17-20(21-22(26-16-27-24(21)31-17)29-12-5-2-6-13-29)23(30)25-11-15-28-14-7-9-18-8-3-4-10-19(18)28/h3-4,8,10,16H,2,5-7,9,11-15H2,1H3,(H,25,30).